The third kappa shape index (κ3) is 3.60. The molecule has 1 atom stereocenters. The van der Waals surface area contributed by atoms with Gasteiger partial charge in [0.2, 0.25) is 0 Å². The number of oxime groups is 1. The third-order valence-corrected chi connectivity index (χ3v) is 2.38. The molecule has 1 rings (SSSR count). The Hall–Kier alpha value is -1.82. The van der Waals surface area contributed by atoms with Gasteiger partial charge in [0.1, 0.15) is 6.67 Å². The van der Waals surface area contributed by atoms with Crippen LogP contribution in [0, 0.1) is 0 Å². The summed E-state index contributed by atoms with van der Waals surface area (Å²) in [7, 11) is 0. The van der Waals surface area contributed by atoms with Crippen molar-refractivity contribution in [3.05, 3.63) is 35.4 Å². The number of rotatable bonds is 4. The number of amides is 1. The van der Waals surface area contributed by atoms with Crippen molar-refractivity contribution in [3.8, 4) is 0 Å². The summed E-state index contributed by atoms with van der Waals surface area (Å²) in [5.74, 6) is 0. The van der Waals surface area contributed by atoms with Gasteiger partial charge >= 0.3 is 6.09 Å². The first-order valence-corrected chi connectivity index (χ1v) is 4.99. The van der Waals surface area contributed by atoms with Crippen molar-refractivity contribution in [3.63, 3.8) is 0 Å². The average Bonchev–Trinajstić information content (AvgIpc) is 2.35. The van der Waals surface area contributed by atoms with Crippen molar-refractivity contribution < 1.29 is 19.5 Å². The van der Waals surface area contributed by atoms with E-state index in [1.807, 2.05) is 5.32 Å². The lowest BCUT2D eigenvalue weighted by atomic mass is 10.1. The second-order valence-corrected chi connectivity index (χ2v) is 3.53. The molecule has 1 amide bonds. The quantitative estimate of drug-likeness (QED) is 0.441. The lowest BCUT2D eigenvalue weighted by Gasteiger charge is -2.13. The fourth-order valence-corrected chi connectivity index (χ4v) is 1.40. The standard InChI is InChI=1S/C10H10ClFN2O3/c11-9(14-17)7-3-1-6(2-4-7)8(5-12)13-10(15)16/h1-4,8,13,17H,5H2,(H,15,16). The van der Waals surface area contributed by atoms with Gasteiger partial charge in [-0.3, -0.25) is 0 Å². The lowest BCUT2D eigenvalue weighted by molar-refractivity contribution is 0.187. The third-order valence-electron chi connectivity index (χ3n) is 2.09. The first-order valence-electron chi connectivity index (χ1n) is 4.61. The van der Waals surface area contributed by atoms with Gasteiger partial charge < -0.3 is 15.6 Å². The maximum atomic E-state index is 12.6. The number of alkyl halides is 1. The smallest absolute Gasteiger partial charge is 0.405 e. The van der Waals surface area contributed by atoms with E-state index in [1.54, 1.807) is 0 Å². The summed E-state index contributed by atoms with van der Waals surface area (Å²) in [6.07, 6.45) is -1.30. The number of hydrogen-bond acceptors (Lipinski definition) is 3. The molecule has 3 N–H and O–H groups in total. The molecule has 1 aromatic carbocycles. The predicted octanol–water partition coefficient (Wildman–Crippen LogP) is 2.34. The fourth-order valence-electron chi connectivity index (χ4n) is 1.27. The molecule has 17 heavy (non-hydrogen) atoms. The van der Waals surface area contributed by atoms with Crippen molar-refractivity contribution in [2.75, 3.05) is 6.67 Å². The number of hydrogen-bond donors (Lipinski definition) is 3. The number of halogens is 2. The molecule has 0 spiro atoms. The van der Waals surface area contributed by atoms with Crippen LogP contribution < -0.4 is 5.32 Å². The van der Waals surface area contributed by atoms with Gasteiger partial charge in [0.25, 0.3) is 0 Å². The van der Waals surface area contributed by atoms with Crippen LogP contribution in [-0.2, 0) is 0 Å². The maximum Gasteiger partial charge on any atom is 0.405 e. The van der Waals surface area contributed by atoms with E-state index in [0.717, 1.165) is 0 Å². The minimum atomic E-state index is -1.30. The molecule has 92 valence electrons. The molecule has 0 aliphatic rings. The summed E-state index contributed by atoms with van der Waals surface area (Å²) in [5, 5.41) is 21.7. The predicted molar refractivity (Wildman–Crippen MR) is 60.5 cm³/mol. The number of benzene rings is 1. The van der Waals surface area contributed by atoms with Gasteiger partial charge in [-0.05, 0) is 5.56 Å². The Morgan fingerprint density at radius 3 is 2.47 bits per heavy atom. The summed E-state index contributed by atoms with van der Waals surface area (Å²) in [5.41, 5.74) is 0.909. The second-order valence-electron chi connectivity index (χ2n) is 3.17. The normalized spacial score (nSPS) is 13.2. The highest BCUT2D eigenvalue weighted by molar-refractivity contribution is 6.69. The maximum absolute atomic E-state index is 12.6. The molecular weight excluding hydrogens is 251 g/mol. The fraction of sp³-hybridized carbons (Fsp3) is 0.200. The Kier molecular flexibility index (Phi) is 4.71. The summed E-state index contributed by atoms with van der Waals surface area (Å²) in [6.45, 7) is -0.854. The van der Waals surface area contributed by atoms with Crippen LogP contribution in [0.25, 0.3) is 0 Å². The summed E-state index contributed by atoms with van der Waals surface area (Å²) in [4.78, 5) is 10.4. The van der Waals surface area contributed by atoms with Gasteiger partial charge in [-0.2, -0.15) is 0 Å². The number of carbonyl (C=O) groups is 1. The number of carboxylic acid groups (broad SMARTS) is 1. The van der Waals surface area contributed by atoms with Crippen molar-refractivity contribution >= 4 is 22.9 Å². The molecule has 5 nitrogen and oxygen atoms in total. The van der Waals surface area contributed by atoms with Crippen molar-refractivity contribution in [1.82, 2.24) is 5.32 Å². The van der Waals surface area contributed by atoms with Crippen molar-refractivity contribution in [2.24, 2.45) is 5.16 Å². The Balaban J connectivity index is 2.88. The minimum absolute atomic E-state index is 0.0976. The van der Waals surface area contributed by atoms with Crippen LogP contribution in [-0.4, -0.2) is 28.3 Å². The molecular formula is C10H10ClFN2O3. The van der Waals surface area contributed by atoms with Gasteiger partial charge in [-0.1, -0.05) is 41.0 Å². The zero-order valence-electron chi connectivity index (χ0n) is 8.60. The van der Waals surface area contributed by atoms with E-state index in [9.17, 15) is 9.18 Å². The molecule has 0 saturated heterocycles. The molecule has 0 bridgehead atoms. The van der Waals surface area contributed by atoms with E-state index < -0.39 is 18.8 Å². The second kappa shape index (κ2) is 6.05. The van der Waals surface area contributed by atoms with Gasteiger partial charge in [0.05, 0.1) is 6.04 Å². The van der Waals surface area contributed by atoms with E-state index >= 15 is 0 Å². The van der Waals surface area contributed by atoms with Gasteiger partial charge in [0, 0.05) is 5.56 Å². The highest BCUT2D eigenvalue weighted by Gasteiger charge is 2.13. The highest BCUT2D eigenvalue weighted by atomic mass is 35.5. The van der Waals surface area contributed by atoms with Crippen molar-refractivity contribution in [1.29, 1.82) is 0 Å². The Morgan fingerprint density at radius 2 is 2.06 bits per heavy atom. The summed E-state index contributed by atoms with van der Waals surface area (Å²) < 4.78 is 12.6. The molecule has 0 fully saturated rings. The molecule has 0 aliphatic carbocycles. The summed E-state index contributed by atoms with van der Waals surface area (Å²) >= 11 is 5.56. The molecule has 0 radical (unpaired) electrons. The van der Waals surface area contributed by atoms with E-state index in [1.165, 1.54) is 24.3 Å². The number of nitrogens with one attached hydrogen (secondary N) is 1. The molecule has 1 unspecified atom stereocenters. The van der Waals surface area contributed by atoms with Crippen LogP contribution in [0.2, 0.25) is 0 Å². The van der Waals surface area contributed by atoms with E-state index in [2.05, 4.69) is 5.16 Å². The van der Waals surface area contributed by atoms with Crippen molar-refractivity contribution in [2.45, 2.75) is 6.04 Å². The van der Waals surface area contributed by atoms with E-state index in [-0.39, 0.29) is 5.17 Å². The average molecular weight is 261 g/mol. The highest BCUT2D eigenvalue weighted by Crippen LogP contribution is 2.15. The topological polar surface area (TPSA) is 81.9 Å². The number of nitrogens with zero attached hydrogens (tertiary/aromatic N) is 1. The van der Waals surface area contributed by atoms with Crippen LogP contribution in [0.1, 0.15) is 17.2 Å². The van der Waals surface area contributed by atoms with Crippen LogP contribution in [0.4, 0.5) is 9.18 Å². The van der Waals surface area contributed by atoms with E-state index in [0.29, 0.717) is 11.1 Å². The van der Waals surface area contributed by atoms with Gasteiger partial charge in [-0.25, -0.2) is 9.18 Å². The molecule has 0 saturated carbocycles. The Bertz CT molecular complexity index is 422. The zero-order chi connectivity index (χ0) is 12.8. The minimum Gasteiger partial charge on any atom is -0.465 e. The van der Waals surface area contributed by atoms with Crippen LogP contribution in [0.3, 0.4) is 0 Å². The first kappa shape index (κ1) is 13.2. The van der Waals surface area contributed by atoms with Crippen LogP contribution >= 0.6 is 11.6 Å². The monoisotopic (exact) mass is 260 g/mol. The molecule has 0 aliphatic heterocycles. The van der Waals surface area contributed by atoms with Gasteiger partial charge in [0.15, 0.2) is 5.17 Å². The molecule has 0 heterocycles. The SMILES string of the molecule is O=C(O)NC(CF)c1ccc(C(Cl)=NO)cc1. The van der Waals surface area contributed by atoms with Crippen LogP contribution in [0.5, 0.6) is 0 Å². The summed E-state index contributed by atoms with van der Waals surface area (Å²) in [6, 6.07) is 5.09. The Labute approximate surface area is 102 Å². The Morgan fingerprint density at radius 1 is 1.47 bits per heavy atom. The molecule has 7 heteroatoms. The van der Waals surface area contributed by atoms with Crippen LogP contribution in [0.15, 0.2) is 29.4 Å². The zero-order valence-corrected chi connectivity index (χ0v) is 9.36. The van der Waals surface area contributed by atoms with E-state index in [4.69, 9.17) is 21.9 Å². The molecule has 1 aromatic rings. The largest absolute Gasteiger partial charge is 0.465 e. The lowest BCUT2D eigenvalue weighted by Crippen LogP contribution is -2.28. The first-order chi connectivity index (χ1) is 8.08. The van der Waals surface area contributed by atoms with Gasteiger partial charge in [-0.15, -0.1) is 0 Å². The molecule has 0 aromatic heterocycles.